The number of halogens is 2. The molecule has 0 aliphatic rings. The third kappa shape index (κ3) is 4.50. The quantitative estimate of drug-likeness (QED) is 0.116. The second-order valence-corrected chi connectivity index (χ2v) is 7.86. The van der Waals surface area contributed by atoms with Crippen LogP contribution >= 0.6 is 0 Å². The fraction of sp³-hybridized carbons (Fsp3) is 0.120. The van der Waals surface area contributed by atoms with E-state index in [1.165, 1.54) is 6.20 Å². The van der Waals surface area contributed by atoms with Crippen molar-refractivity contribution in [2.75, 3.05) is 12.0 Å². The van der Waals surface area contributed by atoms with Gasteiger partial charge in [-0.3, -0.25) is 14.8 Å². The normalized spacial score (nSPS) is 11.3. The summed E-state index contributed by atoms with van der Waals surface area (Å²) in [6.45, 7) is 2.42. The van der Waals surface area contributed by atoms with E-state index in [2.05, 4.69) is 40.9 Å². The summed E-state index contributed by atoms with van der Waals surface area (Å²) < 4.78 is 29.8. The number of H-pyrrole nitrogens is 1. The Morgan fingerprint density at radius 3 is 2.67 bits per heavy atom. The molecule has 0 amide bonds. The number of rotatable bonds is 9. The Bertz CT molecular complexity index is 1570. The van der Waals surface area contributed by atoms with E-state index in [9.17, 15) is 9.18 Å². The number of ketones is 1. The molecule has 0 atom stereocenters. The number of anilines is 1. The van der Waals surface area contributed by atoms with Crippen LogP contribution in [0, 0.1) is 11.6 Å². The van der Waals surface area contributed by atoms with Gasteiger partial charge in [-0.15, -0.1) is 4.99 Å². The molecule has 11 heteroatoms. The summed E-state index contributed by atoms with van der Waals surface area (Å²) in [5.41, 5.74) is 7.09. The minimum atomic E-state index is -1.12. The molecule has 36 heavy (non-hydrogen) atoms. The molecule has 0 saturated heterocycles. The zero-order valence-corrected chi connectivity index (χ0v) is 19.0. The van der Waals surface area contributed by atoms with Crippen molar-refractivity contribution in [2.24, 2.45) is 0 Å². The summed E-state index contributed by atoms with van der Waals surface area (Å²) in [4.78, 5) is 38.4. The van der Waals surface area contributed by atoms with Crippen LogP contribution in [0.1, 0.15) is 29.3 Å². The molecule has 0 saturated carbocycles. The molecule has 182 valence electrons. The largest absolute Gasteiger partial charge is 0.345 e. The summed E-state index contributed by atoms with van der Waals surface area (Å²) in [5, 5.41) is 0.414. The van der Waals surface area contributed by atoms with Gasteiger partial charge in [-0.25, -0.2) is 19.2 Å². The number of nitrogens with one attached hydrogen (secondary N) is 3. The van der Waals surface area contributed by atoms with Crippen molar-refractivity contribution in [3.63, 3.8) is 0 Å². The zero-order valence-electron chi connectivity index (χ0n) is 19.0. The van der Waals surface area contributed by atoms with E-state index < -0.39 is 23.0 Å². The van der Waals surface area contributed by atoms with Crippen LogP contribution in [0.25, 0.3) is 33.2 Å². The van der Waals surface area contributed by atoms with Gasteiger partial charge in [0, 0.05) is 47.8 Å². The fourth-order valence-corrected chi connectivity index (χ4v) is 3.70. The van der Waals surface area contributed by atoms with Gasteiger partial charge >= 0.3 is 0 Å². The number of carbonyl (C=O) groups is 1. The van der Waals surface area contributed by atoms with E-state index in [-0.39, 0.29) is 11.3 Å². The molecule has 0 unspecified atom stereocenters. The van der Waals surface area contributed by atoms with Gasteiger partial charge in [0.25, 0.3) is 0 Å². The number of fused-ring (bicyclic) bond motifs is 2. The standard InChI is InChI=1S/C25H20F2N6O3/c1-2-7-32-35-36-33-20-6-4-18(26)22(23(20)27)24(34)17-13-31-25-16(17)10-15(12-30-25)14-3-5-19-21(11-14)29-9-8-28-19/h3-6,8-13,32-33H,2,7H2,1H3,(H,30,31). The summed E-state index contributed by atoms with van der Waals surface area (Å²) in [5.74, 6) is -2.99. The van der Waals surface area contributed by atoms with Crippen molar-refractivity contribution in [1.82, 2.24) is 25.4 Å². The topological polar surface area (TPSA) is 114 Å². The van der Waals surface area contributed by atoms with E-state index >= 15 is 4.39 Å². The van der Waals surface area contributed by atoms with Crippen LogP contribution in [-0.4, -0.2) is 32.3 Å². The number of hydrogen-bond donors (Lipinski definition) is 3. The summed E-state index contributed by atoms with van der Waals surface area (Å²) in [7, 11) is 0. The van der Waals surface area contributed by atoms with Gasteiger partial charge in [-0.05, 0) is 42.3 Å². The van der Waals surface area contributed by atoms with Crippen LogP contribution in [0.5, 0.6) is 0 Å². The minimum Gasteiger partial charge on any atom is -0.345 e. The summed E-state index contributed by atoms with van der Waals surface area (Å²) >= 11 is 0. The highest BCUT2D eigenvalue weighted by atomic mass is 19.1. The number of hydroxylamine groups is 1. The molecule has 0 radical (unpaired) electrons. The maximum atomic E-state index is 15.1. The maximum Gasteiger partial charge on any atom is 0.201 e. The summed E-state index contributed by atoms with van der Waals surface area (Å²) in [6, 6.07) is 9.35. The molecule has 3 aromatic heterocycles. The molecule has 2 aromatic carbocycles. The van der Waals surface area contributed by atoms with Gasteiger partial charge in [0.15, 0.2) is 5.82 Å². The first-order valence-electron chi connectivity index (χ1n) is 11.1. The zero-order chi connectivity index (χ0) is 25.1. The first kappa shape index (κ1) is 23.4. The highest BCUT2D eigenvalue weighted by Gasteiger charge is 2.25. The van der Waals surface area contributed by atoms with E-state index in [4.69, 9.17) is 0 Å². The molecule has 0 spiro atoms. The highest BCUT2D eigenvalue weighted by Crippen LogP contribution is 2.30. The lowest BCUT2D eigenvalue weighted by Gasteiger charge is -2.10. The van der Waals surface area contributed by atoms with Crippen molar-refractivity contribution in [2.45, 2.75) is 13.3 Å². The predicted octanol–water partition coefficient (Wildman–Crippen LogP) is 4.87. The summed E-state index contributed by atoms with van der Waals surface area (Å²) in [6.07, 6.45) is 7.01. The fourth-order valence-electron chi connectivity index (χ4n) is 3.70. The number of hydrogen-bond acceptors (Lipinski definition) is 8. The number of benzene rings is 2. The Hall–Kier alpha value is -4.32. The molecule has 0 aliphatic heterocycles. The van der Waals surface area contributed by atoms with Gasteiger partial charge < -0.3 is 4.98 Å². The molecule has 5 rings (SSSR count). The Morgan fingerprint density at radius 1 is 1.00 bits per heavy atom. The molecule has 0 aliphatic carbocycles. The van der Waals surface area contributed by atoms with Gasteiger partial charge in [-0.1, -0.05) is 18.0 Å². The smallest absolute Gasteiger partial charge is 0.201 e. The Labute approximate surface area is 203 Å². The SMILES string of the molecule is CCCNOONc1ccc(F)c(C(=O)c2c[nH]c3ncc(-c4ccc5nccnc5c4)cc23)c1F. The Kier molecular flexibility index (Phi) is 6.58. The third-order valence-corrected chi connectivity index (χ3v) is 5.50. The van der Waals surface area contributed by atoms with E-state index in [1.54, 1.807) is 24.7 Å². The number of nitrogens with zero attached hydrogens (tertiary/aromatic N) is 3. The molecule has 9 nitrogen and oxygen atoms in total. The number of aromatic nitrogens is 4. The predicted molar refractivity (Wildman–Crippen MR) is 129 cm³/mol. The van der Waals surface area contributed by atoms with Crippen LogP contribution < -0.4 is 11.0 Å². The molecule has 0 fully saturated rings. The third-order valence-electron chi connectivity index (χ3n) is 5.50. The Balaban J connectivity index is 1.48. The lowest BCUT2D eigenvalue weighted by Crippen LogP contribution is -2.19. The van der Waals surface area contributed by atoms with Crippen LogP contribution in [0.15, 0.2) is 61.2 Å². The highest BCUT2D eigenvalue weighted by molar-refractivity contribution is 6.16. The van der Waals surface area contributed by atoms with Crippen molar-refractivity contribution in [1.29, 1.82) is 0 Å². The first-order valence-corrected chi connectivity index (χ1v) is 11.1. The molecule has 5 aromatic rings. The number of carbonyl (C=O) groups excluding carboxylic acids is 1. The lowest BCUT2D eigenvalue weighted by molar-refractivity contribution is -0.317. The van der Waals surface area contributed by atoms with Crippen LogP contribution in [0.2, 0.25) is 0 Å². The van der Waals surface area contributed by atoms with Crippen molar-refractivity contribution in [3.8, 4) is 11.1 Å². The molecular formula is C25H20F2N6O3. The maximum absolute atomic E-state index is 15.1. The van der Waals surface area contributed by atoms with Gasteiger partial charge in [0.1, 0.15) is 17.2 Å². The first-order chi connectivity index (χ1) is 17.6. The molecule has 0 bridgehead atoms. The monoisotopic (exact) mass is 490 g/mol. The average molecular weight is 490 g/mol. The second kappa shape index (κ2) is 10.1. The van der Waals surface area contributed by atoms with Crippen molar-refractivity contribution in [3.05, 3.63) is 83.9 Å². The molecule has 3 N–H and O–H groups in total. The van der Waals surface area contributed by atoms with Crippen LogP contribution in [0.4, 0.5) is 14.5 Å². The van der Waals surface area contributed by atoms with E-state index in [0.29, 0.717) is 28.7 Å². The molecule has 3 heterocycles. The van der Waals surface area contributed by atoms with E-state index in [0.717, 1.165) is 29.6 Å². The average Bonchev–Trinajstić information content (AvgIpc) is 3.33. The van der Waals surface area contributed by atoms with Gasteiger partial charge in [0.05, 0.1) is 16.6 Å². The second-order valence-electron chi connectivity index (χ2n) is 7.86. The van der Waals surface area contributed by atoms with E-state index in [1.807, 2.05) is 25.1 Å². The molecular weight excluding hydrogens is 470 g/mol. The number of aromatic amines is 1. The number of pyridine rings is 1. The minimum absolute atomic E-state index is 0.0664. The van der Waals surface area contributed by atoms with Gasteiger partial charge in [-0.2, -0.15) is 5.48 Å². The van der Waals surface area contributed by atoms with Gasteiger partial charge in [0.2, 0.25) is 5.78 Å². The van der Waals surface area contributed by atoms with Crippen LogP contribution in [0.3, 0.4) is 0 Å². The van der Waals surface area contributed by atoms with Crippen molar-refractivity contribution >= 4 is 33.5 Å². The van der Waals surface area contributed by atoms with Crippen molar-refractivity contribution < 1.29 is 23.6 Å². The lowest BCUT2D eigenvalue weighted by atomic mass is 9.99. The Morgan fingerprint density at radius 2 is 1.83 bits per heavy atom. The van der Waals surface area contributed by atoms with Crippen LogP contribution in [-0.2, 0) is 9.98 Å².